The van der Waals surface area contributed by atoms with Crippen molar-refractivity contribution in [1.82, 2.24) is 5.32 Å². The predicted octanol–water partition coefficient (Wildman–Crippen LogP) is 2.63. The number of aryl methyl sites for hydroxylation is 1. The Morgan fingerprint density at radius 2 is 2.11 bits per heavy atom. The van der Waals surface area contributed by atoms with Gasteiger partial charge in [0.1, 0.15) is 6.04 Å². The Labute approximate surface area is 111 Å². The van der Waals surface area contributed by atoms with Gasteiger partial charge in [-0.25, -0.2) is 4.79 Å². The zero-order valence-corrected chi connectivity index (χ0v) is 11.1. The zero-order chi connectivity index (χ0) is 13.7. The first-order valence-electron chi connectivity index (χ1n) is 5.75. The number of carbonyl (C=O) groups is 2. The van der Waals surface area contributed by atoms with Crippen LogP contribution in [0, 0.1) is 6.92 Å². The molecular weight excluding hydrogens is 254 g/mol. The first kappa shape index (κ1) is 14.5. The summed E-state index contributed by atoms with van der Waals surface area (Å²) in [5.74, 6) is -1.49. The fourth-order valence-corrected chi connectivity index (χ4v) is 1.91. The molecule has 0 aliphatic heterocycles. The van der Waals surface area contributed by atoms with Gasteiger partial charge in [-0.1, -0.05) is 31.0 Å². The fraction of sp³-hybridized carbons (Fsp3) is 0.385. The number of hydrogen-bond acceptors (Lipinski definition) is 2. The minimum absolute atomic E-state index is 0.296. The largest absolute Gasteiger partial charge is 0.480 e. The number of amides is 1. The van der Waals surface area contributed by atoms with E-state index in [9.17, 15) is 9.59 Å². The van der Waals surface area contributed by atoms with E-state index in [0.717, 1.165) is 5.56 Å². The quantitative estimate of drug-likeness (QED) is 0.863. The maximum absolute atomic E-state index is 11.9. The number of carbonyl (C=O) groups excluding carboxylic acids is 1. The van der Waals surface area contributed by atoms with Crippen LogP contribution in [0.1, 0.15) is 35.7 Å². The molecule has 1 aromatic carbocycles. The van der Waals surface area contributed by atoms with Crippen molar-refractivity contribution in [3.8, 4) is 0 Å². The van der Waals surface area contributed by atoms with E-state index in [1.807, 2.05) is 13.8 Å². The molecule has 5 heteroatoms. The number of rotatable bonds is 5. The van der Waals surface area contributed by atoms with Crippen molar-refractivity contribution in [2.75, 3.05) is 0 Å². The van der Waals surface area contributed by atoms with Crippen LogP contribution in [-0.4, -0.2) is 23.0 Å². The summed E-state index contributed by atoms with van der Waals surface area (Å²) in [4.78, 5) is 22.9. The summed E-state index contributed by atoms with van der Waals surface area (Å²) in [5.41, 5.74) is 1.24. The van der Waals surface area contributed by atoms with Gasteiger partial charge in [0, 0.05) is 0 Å². The lowest BCUT2D eigenvalue weighted by Crippen LogP contribution is -2.40. The van der Waals surface area contributed by atoms with E-state index in [2.05, 4.69) is 5.32 Å². The van der Waals surface area contributed by atoms with E-state index < -0.39 is 17.9 Å². The molecule has 18 heavy (non-hydrogen) atoms. The van der Waals surface area contributed by atoms with E-state index >= 15 is 0 Å². The maximum atomic E-state index is 11.9. The van der Waals surface area contributed by atoms with Gasteiger partial charge in [0.05, 0.1) is 10.6 Å². The van der Waals surface area contributed by atoms with Gasteiger partial charge in [0.25, 0.3) is 5.91 Å². The summed E-state index contributed by atoms with van der Waals surface area (Å²) in [6.45, 7) is 3.73. The van der Waals surface area contributed by atoms with E-state index in [4.69, 9.17) is 16.7 Å². The van der Waals surface area contributed by atoms with Gasteiger partial charge in [-0.05, 0) is 31.0 Å². The Morgan fingerprint density at radius 1 is 1.44 bits per heavy atom. The summed E-state index contributed by atoms with van der Waals surface area (Å²) < 4.78 is 0. The zero-order valence-electron chi connectivity index (χ0n) is 10.4. The van der Waals surface area contributed by atoms with Crippen LogP contribution in [0.15, 0.2) is 18.2 Å². The average Bonchev–Trinajstić information content (AvgIpc) is 2.27. The van der Waals surface area contributed by atoms with Crippen molar-refractivity contribution in [2.45, 2.75) is 32.7 Å². The molecule has 0 aliphatic carbocycles. The second-order valence-electron chi connectivity index (χ2n) is 4.14. The number of benzene rings is 1. The first-order chi connectivity index (χ1) is 8.45. The molecule has 0 aliphatic rings. The number of nitrogens with one attached hydrogen (secondary N) is 1. The molecule has 2 N–H and O–H groups in total. The number of carboxylic acid groups (broad SMARTS) is 1. The van der Waals surface area contributed by atoms with Gasteiger partial charge in [-0.2, -0.15) is 0 Å². The molecule has 0 fully saturated rings. The van der Waals surface area contributed by atoms with Gasteiger partial charge in [0.2, 0.25) is 0 Å². The lowest BCUT2D eigenvalue weighted by Gasteiger charge is -2.14. The fourth-order valence-electron chi connectivity index (χ4n) is 1.59. The molecule has 0 heterocycles. The van der Waals surface area contributed by atoms with Gasteiger partial charge in [-0.15, -0.1) is 0 Å². The molecule has 4 nitrogen and oxygen atoms in total. The van der Waals surface area contributed by atoms with Gasteiger partial charge >= 0.3 is 5.97 Å². The third-order valence-corrected chi connectivity index (χ3v) is 2.86. The van der Waals surface area contributed by atoms with Crippen molar-refractivity contribution >= 4 is 23.5 Å². The Kier molecular flexibility index (Phi) is 5.16. The number of halogens is 1. The molecule has 0 saturated carbocycles. The predicted molar refractivity (Wildman–Crippen MR) is 70.0 cm³/mol. The van der Waals surface area contributed by atoms with Crippen LogP contribution in [0.25, 0.3) is 0 Å². The monoisotopic (exact) mass is 269 g/mol. The standard InChI is InChI=1S/C13H16ClNO3/c1-3-4-11(13(17)18)15-12(16)9-6-5-8(2)7-10(9)14/h5-7,11H,3-4H2,1-2H3,(H,15,16)(H,17,18). The van der Waals surface area contributed by atoms with Crippen LogP contribution < -0.4 is 5.32 Å². The minimum Gasteiger partial charge on any atom is -0.480 e. The molecule has 0 saturated heterocycles. The molecule has 1 unspecified atom stereocenters. The van der Waals surface area contributed by atoms with Crippen molar-refractivity contribution in [3.05, 3.63) is 34.3 Å². The molecule has 1 rings (SSSR count). The van der Waals surface area contributed by atoms with Crippen LogP contribution in [0.5, 0.6) is 0 Å². The Hall–Kier alpha value is -1.55. The highest BCUT2D eigenvalue weighted by Gasteiger charge is 2.20. The summed E-state index contributed by atoms with van der Waals surface area (Å²) in [7, 11) is 0. The average molecular weight is 270 g/mol. The molecule has 1 amide bonds. The normalized spacial score (nSPS) is 11.9. The molecule has 98 valence electrons. The molecule has 0 bridgehead atoms. The van der Waals surface area contributed by atoms with Crippen molar-refractivity contribution in [1.29, 1.82) is 0 Å². The number of carboxylic acids is 1. The third kappa shape index (κ3) is 3.74. The number of aliphatic carboxylic acids is 1. The molecule has 1 atom stereocenters. The first-order valence-corrected chi connectivity index (χ1v) is 6.13. The topological polar surface area (TPSA) is 66.4 Å². The van der Waals surface area contributed by atoms with Crippen molar-refractivity contribution in [3.63, 3.8) is 0 Å². The molecule has 0 spiro atoms. The second kappa shape index (κ2) is 6.40. The molecule has 0 aromatic heterocycles. The third-order valence-electron chi connectivity index (χ3n) is 2.55. The Morgan fingerprint density at radius 3 is 2.61 bits per heavy atom. The minimum atomic E-state index is -1.03. The van der Waals surface area contributed by atoms with E-state index in [0.29, 0.717) is 23.4 Å². The Balaban J connectivity index is 2.83. The van der Waals surface area contributed by atoms with Gasteiger partial charge in [-0.3, -0.25) is 4.79 Å². The van der Waals surface area contributed by atoms with Crippen LogP contribution in [0.4, 0.5) is 0 Å². The van der Waals surface area contributed by atoms with Crippen LogP contribution >= 0.6 is 11.6 Å². The van der Waals surface area contributed by atoms with Gasteiger partial charge in [0.15, 0.2) is 0 Å². The van der Waals surface area contributed by atoms with Crippen LogP contribution in [-0.2, 0) is 4.79 Å². The SMILES string of the molecule is CCCC(NC(=O)c1ccc(C)cc1Cl)C(=O)O. The van der Waals surface area contributed by atoms with Crippen LogP contribution in [0.2, 0.25) is 5.02 Å². The summed E-state index contributed by atoms with van der Waals surface area (Å²) >= 11 is 5.96. The Bertz CT molecular complexity index is 460. The lowest BCUT2D eigenvalue weighted by molar-refractivity contribution is -0.139. The van der Waals surface area contributed by atoms with E-state index in [-0.39, 0.29) is 0 Å². The summed E-state index contributed by atoms with van der Waals surface area (Å²) in [5, 5.41) is 11.8. The van der Waals surface area contributed by atoms with E-state index in [1.165, 1.54) is 0 Å². The molecule has 0 radical (unpaired) electrons. The second-order valence-corrected chi connectivity index (χ2v) is 4.54. The lowest BCUT2D eigenvalue weighted by atomic mass is 10.1. The van der Waals surface area contributed by atoms with E-state index in [1.54, 1.807) is 18.2 Å². The highest BCUT2D eigenvalue weighted by atomic mass is 35.5. The van der Waals surface area contributed by atoms with Crippen LogP contribution in [0.3, 0.4) is 0 Å². The molecule has 1 aromatic rings. The van der Waals surface area contributed by atoms with Crippen molar-refractivity contribution < 1.29 is 14.7 Å². The smallest absolute Gasteiger partial charge is 0.326 e. The van der Waals surface area contributed by atoms with Gasteiger partial charge < -0.3 is 10.4 Å². The molecular formula is C13H16ClNO3. The summed E-state index contributed by atoms with van der Waals surface area (Å²) in [6, 6.07) is 4.15. The van der Waals surface area contributed by atoms with Crippen molar-refractivity contribution in [2.24, 2.45) is 0 Å². The highest BCUT2D eigenvalue weighted by molar-refractivity contribution is 6.33. The number of hydrogen-bond donors (Lipinski definition) is 2. The maximum Gasteiger partial charge on any atom is 0.326 e. The summed E-state index contributed by atoms with van der Waals surface area (Å²) in [6.07, 6.45) is 1.07. The highest BCUT2D eigenvalue weighted by Crippen LogP contribution is 2.17.